The summed E-state index contributed by atoms with van der Waals surface area (Å²) in [6, 6.07) is 0. The van der Waals surface area contributed by atoms with E-state index in [9.17, 15) is 9.59 Å². The van der Waals surface area contributed by atoms with Gasteiger partial charge in [0, 0.05) is 18.7 Å². The van der Waals surface area contributed by atoms with Crippen LogP contribution in [0.1, 0.15) is 19.3 Å². The first kappa shape index (κ1) is 11.8. The number of nitrogens with zero attached hydrogens (tertiary/aromatic N) is 1. The molecule has 0 aromatic rings. The third-order valence-electron chi connectivity index (χ3n) is 2.66. The Hall–Kier alpha value is -1.32. The number of carboxylic acid groups (broad SMARTS) is 1. The second-order valence-corrected chi connectivity index (χ2v) is 3.77. The third kappa shape index (κ3) is 2.81. The highest BCUT2D eigenvalue weighted by molar-refractivity contribution is 5.95. The zero-order valence-electron chi connectivity index (χ0n) is 8.74. The molecule has 0 aromatic heterocycles. The Balaban J connectivity index is 2.58. The van der Waals surface area contributed by atoms with E-state index in [2.05, 4.69) is 13.5 Å². The molecule has 1 radical (unpaired) electrons. The van der Waals surface area contributed by atoms with Crippen LogP contribution in [0.15, 0.2) is 12.2 Å². The van der Waals surface area contributed by atoms with Crippen molar-refractivity contribution < 1.29 is 14.7 Å². The number of piperidine rings is 1. The third-order valence-corrected chi connectivity index (χ3v) is 2.66. The second-order valence-electron chi connectivity index (χ2n) is 3.77. The first-order valence-electron chi connectivity index (χ1n) is 5.08. The van der Waals surface area contributed by atoms with Crippen molar-refractivity contribution in [1.29, 1.82) is 0 Å². The zero-order valence-corrected chi connectivity index (χ0v) is 8.74. The first-order valence-corrected chi connectivity index (χ1v) is 5.08. The summed E-state index contributed by atoms with van der Waals surface area (Å²) < 4.78 is 0. The Bertz CT molecular complexity index is 280. The molecule has 83 valence electrons. The molecule has 1 aliphatic rings. The number of hydrogen-bond donors (Lipinski definition) is 1. The molecular formula is C11H16NO3. The van der Waals surface area contributed by atoms with Crippen molar-refractivity contribution in [3.8, 4) is 0 Å². The van der Waals surface area contributed by atoms with Crippen LogP contribution in [0.25, 0.3) is 0 Å². The maximum Gasteiger partial charge on any atom is 0.331 e. The topological polar surface area (TPSA) is 57.6 Å². The number of carbonyl (C=O) groups is 2. The van der Waals surface area contributed by atoms with Crippen LogP contribution >= 0.6 is 0 Å². The van der Waals surface area contributed by atoms with E-state index in [0.717, 1.165) is 19.3 Å². The second kappa shape index (κ2) is 4.96. The molecule has 1 aliphatic heterocycles. The van der Waals surface area contributed by atoms with Gasteiger partial charge in [-0.1, -0.05) is 6.58 Å². The van der Waals surface area contributed by atoms with E-state index in [4.69, 9.17) is 5.11 Å². The van der Waals surface area contributed by atoms with E-state index in [1.807, 2.05) is 0 Å². The summed E-state index contributed by atoms with van der Waals surface area (Å²) in [6.07, 6.45) is 3.10. The quantitative estimate of drug-likeness (QED) is 0.709. The Kier molecular flexibility index (Phi) is 3.88. The highest BCUT2D eigenvalue weighted by atomic mass is 16.4. The van der Waals surface area contributed by atoms with E-state index in [-0.39, 0.29) is 11.5 Å². The van der Waals surface area contributed by atoms with Crippen molar-refractivity contribution in [3.05, 3.63) is 19.1 Å². The summed E-state index contributed by atoms with van der Waals surface area (Å²) >= 11 is 0. The predicted octanol–water partition coefficient (Wildman–Crippen LogP) is 1.09. The number of likely N-dealkylation sites (tertiary alicyclic amines) is 1. The lowest BCUT2D eigenvalue weighted by atomic mass is 10.00. The molecule has 1 saturated heterocycles. The van der Waals surface area contributed by atoms with Crippen molar-refractivity contribution in [3.63, 3.8) is 0 Å². The van der Waals surface area contributed by atoms with E-state index >= 15 is 0 Å². The summed E-state index contributed by atoms with van der Waals surface area (Å²) in [5.74, 6) is -2.23. The Morgan fingerprint density at radius 2 is 1.73 bits per heavy atom. The minimum absolute atomic E-state index is 0.134. The van der Waals surface area contributed by atoms with E-state index in [1.54, 1.807) is 4.90 Å². The van der Waals surface area contributed by atoms with Crippen LogP contribution in [0.4, 0.5) is 0 Å². The van der Waals surface area contributed by atoms with Crippen molar-refractivity contribution in [2.45, 2.75) is 19.3 Å². The smallest absolute Gasteiger partial charge is 0.331 e. The fourth-order valence-corrected chi connectivity index (χ4v) is 1.63. The van der Waals surface area contributed by atoms with Crippen LogP contribution in [0.3, 0.4) is 0 Å². The minimum atomic E-state index is -1.15. The van der Waals surface area contributed by atoms with Crippen LogP contribution in [-0.2, 0) is 9.59 Å². The monoisotopic (exact) mass is 210 g/mol. The van der Waals surface area contributed by atoms with Crippen LogP contribution < -0.4 is 0 Å². The van der Waals surface area contributed by atoms with E-state index in [0.29, 0.717) is 13.1 Å². The van der Waals surface area contributed by atoms with Crippen LogP contribution in [-0.4, -0.2) is 35.0 Å². The Morgan fingerprint density at radius 1 is 1.20 bits per heavy atom. The lowest BCUT2D eigenvalue weighted by molar-refractivity contribution is -0.138. The standard InChI is InChI=1S/C11H16NO3/c1-8(9(2)11(14)15)10(13)12-6-4-3-5-7-12/h8H,1-7H2,(H,14,15). The lowest BCUT2D eigenvalue weighted by Crippen LogP contribution is -2.40. The van der Waals surface area contributed by atoms with Gasteiger partial charge in [-0.2, -0.15) is 0 Å². The normalized spacial score (nSPS) is 18.3. The molecule has 1 N–H and O–H groups in total. The molecule has 1 atom stereocenters. The van der Waals surface area contributed by atoms with Crippen LogP contribution in [0, 0.1) is 12.8 Å². The lowest BCUT2D eigenvalue weighted by Gasteiger charge is -2.29. The molecule has 1 amide bonds. The van der Waals surface area contributed by atoms with Gasteiger partial charge in [-0.15, -0.1) is 0 Å². The summed E-state index contributed by atoms with van der Waals surface area (Å²) in [5, 5.41) is 8.69. The molecule has 0 bridgehead atoms. The summed E-state index contributed by atoms with van der Waals surface area (Å²) in [4.78, 5) is 24.1. The average Bonchev–Trinajstić information content (AvgIpc) is 2.27. The fourth-order valence-electron chi connectivity index (χ4n) is 1.63. The molecule has 4 heteroatoms. The average molecular weight is 210 g/mol. The molecule has 0 aliphatic carbocycles. The number of rotatable bonds is 3. The zero-order chi connectivity index (χ0) is 11.4. The van der Waals surface area contributed by atoms with E-state index < -0.39 is 11.9 Å². The van der Waals surface area contributed by atoms with Crippen LogP contribution in [0.5, 0.6) is 0 Å². The van der Waals surface area contributed by atoms with Crippen molar-refractivity contribution in [2.75, 3.05) is 13.1 Å². The number of carbonyl (C=O) groups excluding carboxylic acids is 1. The molecule has 4 nitrogen and oxygen atoms in total. The molecule has 1 rings (SSSR count). The predicted molar refractivity (Wildman–Crippen MR) is 56.1 cm³/mol. The van der Waals surface area contributed by atoms with Gasteiger partial charge in [-0.25, -0.2) is 4.79 Å². The van der Waals surface area contributed by atoms with Gasteiger partial charge >= 0.3 is 5.97 Å². The number of aliphatic carboxylic acids is 1. The summed E-state index contributed by atoms with van der Waals surface area (Å²) in [7, 11) is 0. The highest BCUT2D eigenvalue weighted by Gasteiger charge is 2.26. The van der Waals surface area contributed by atoms with Crippen molar-refractivity contribution in [2.24, 2.45) is 5.92 Å². The Morgan fingerprint density at radius 3 is 2.20 bits per heavy atom. The molecule has 15 heavy (non-hydrogen) atoms. The maximum atomic E-state index is 11.8. The minimum Gasteiger partial charge on any atom is -0.478 e. The van der Waals surface area contributed by atoms with Gasteiger partial charge < -0.3 is 10.0 Å². The van der Waals surface area contributed by atoms with Gasteiger partial charge in [-0.3, -0.25) is 4.79 Å². The van der Waals surface area contributed by atoms with Gasteiger partial charge in [0.05, 0.1) is 5.92 Å². The van der Waals surface area contributed by atoms with Gasteiger partial charge in [0.2, 0.25) is 5.91 Å². The van der Waals surface area contributed by atoms with Crippen molar-refractivity contribution >= 4 is 11.9 Å². The van der Waals surface area contributed by atoms with E-state index in [1.165, 1.54) is 0 Å². The maximum absolute atomic E-state index is 11.8. The van der Waals surface area contributed by atoms with Gasteiger partial charge in [0.25, 0.3) is 0 Å². The number of hydrogen-bond acceptors (Lipinski definition) is 2. The fraction of sp³-hybridized carbons (Fsp3) is 0.545. The first-order chi connectivity index (χ1) is 7.04. The summed E-state index contributed by atoms with van der Waals surface area (Å²) in [5.41, 5.74) is -0.134. The number of carboxylic acids is 1. The van der Waals surface area contributed by atoms with Gasteiger partial charge in [0.1, 0.15) is 0 Å². The molecule has 0 spiro atoms. The van der Waals surface area contributed by atoms with Crippen LogP contribution in [0.2, 0.25) is 0 Å². The number of amides is 1. The molecule has 1 unspecified atom stereocenters. The van der Waals surface area contributed by atoms with Crippen molar-refractivity contribution in [1.82, 2.24) is 4.90 Å². The van der Waals surface area contributed by atoms with Gasteiger partial charge in [-0.05, 0) is 26.2 Å². The van der Waals surface area contributed by atoms with Gasteiger partial charge in [0.15, 0.2) is 0 Å². The molecule has 1 heterocycles. The SMILES string of the molecule is [CH2]C(C(=C)C(=O)O)C(=O)N1CCCCC1. The molecule has 0 aromatic carbocycles. The summed E-state index contributed by atoms with van der Waals surface area (Å²) in [6.45, 7) is 8.34. The Labute approximate surface area is 89.6 Å². The molecular weight excluding hydrogens is 194 g/mol. The highest BCUT2D eigenvalue weighted by Crippen LogP contribution is 2.16. The largest absolute Gasteiger partial charge is 0.478 e. The molecule has 0 saturated carbocycles. The molecule has 1 fully saturated rings.